The highest BCUT2D eigenvalue weighted by molar-refractivity contribution is 7.80. The number of aliphatic hydroxyl groups is 1. The van der Waals surface area contributed by atoms with Crippen LogP contribution in [0.2, 0.25) is 0 Å². The molecule has 0 bridgehead atoms. The highest BCUT2D eigenvalue weighted by atomic mass is 32.1. The SMILES string of the molecule is Nn1ccc2c(-c3nc(/C=C/CO)c(S)c(N4CCOCC4)n3)cccc21. The van der Waals surface area contributed by atoms with Crippen molar-refractivity contribution in [2.75, 3.05) is 43.7 Å². The summed E-state index contributed by atoms with van der Waals surface area (Å²) in [7, 11) is 0. The van der Waals surface area contributed by atoms with Crippen molar-refractivity contribution in [1.82, 2.24) is 14.6 Å². The molecule has 0 unspecified atom stereocenters. The number of nitrogens with two attached hydrogens (primary N) is 1. The molecule has 1 aliphatic heterocycles. The first-order valence-corrected chi connectivity index (χ1v) is 9.20. The molecule has 0 saturated carbocycles. The minimum absolute atomic E-state index is 0.0644. The molecule has 4 rings (SSSR count). The summed E-state index contributed by atoms with van der Waals surface area (Å²) < 4.78 is 7.04. The van der Waals surface area contributed by atoms with E-state index < -0.39 is 0 Å². The fourth-order valence-electron chi connectivity index (χ4n) is 3.24. The van der Waals surface area contributed by atoms with Gasteiger partial charge < -0.3 is 20.6 Å². The van der Waals surface area contributed by atoms with Crippen LogP contribution in [0.4, 0.5) is 5.82 Å². The van der Waals surface area contributed by atoms with Crippen LogP contribution in [0, 0.1) is 0 Å². The average Bonchev–Trinajstić information content (AvgIpc) is 3.09. The summed E-state index contributed by atoms with van der Waals surface area (Å²) in [6.07, 6.45) is 5.23. The first kappa shape index (κ1) is 17.8. The van der Waals surface area contributed by atoms with Crippen molar-refractivity contribution >= 4 is 35.4 Å². The Bertz CT molecular complexity index is 995. The van der Waals surface area contributed by atoms with Crippen molar-refractivity contribution in [3.63, 3.8) is 0 Å². The number of fused-ring (bicyclic) bond motifs is 1. The van der Waals surface area contributed by atoms with Crippen molar-refractivity contribution in [1.29, 1.82) is 0 Å². The van der Waals surface area contributed by atoms with Gasteiger partial charge in [0, 0.05) is 30.2 Å². The van der Waals surface area contributed by atoms with Gasteiger partial charge in [0.25, 0.3) is 0 Å². The Morgan fingerprint density at radius 2 is 2.04 bits per heavy atom. The lowest BCUT2D eigenvalue weighted by molar-refractivity contribution is 0.122. The average molecular weight is 383 g/mol. The topological polar surface area (TPSA) is 89.4 Å². The molecular formula is C19H21N5O2S. The molecule has 1 aliphatic rings. The molecule has 140 valence electrons. The van der Waals surface area contributed by atoms with Crippen LogP contribution < -0.4 is 10.7 Å². The van der Waals surface area contributed by atoms with Crippen LogP contribution >= 0.6 is 12.6 Å². The van der Waals surface area contributed by atoms with E-state index in [4.69, 9.17) is 25.7 Å². The molecule has 0 spiro atoms. The maximum absolute atomic E-state index is 9.17. The van der Waals surface area contributed by atoms with E-state index >= 15 is 0 Å². The lowest BCUT2D eigenvalue weighted by Crippen LogP contribution is -2.37. The van der Waals surface area contributed by atoms with Crippen molar-refractivity contribution in [3.05, 3.63) is 42.2 Å². The molecule has 2 aromatic heterocycles. The van der Waals surface area contributed by atoms with Gasteiger partial charge in [-0.3, -0.25) is 4.68 Å². The Kier molecular flexibility index (Phi) is 5.02. The Balaban J connectivity index is 1.90. The summed E-state index contributed by atoms with van der Waals surface area (Å²) in [5.41, 5.74) is 2.48. The number of morpholine rings is 1. The minimum atomic E-state index is -0.0644. The normalized spacial score (nSPS) is 15.1. The molecule has 3 N–H and O–H groups in total. The van der Waals surface area contributed by atoms with Crippen LogP contribution in [0.25, 0.3) is 28.4 Å². The van der Waals surface area contributed by atoms with Crippen molar-refractivity contribution < 1.29 is 9.84 Å². The lowest BCUT2D eigenvalue weighted by atomic mass is 10.1. The Hall–Kier alpha value is -2.55. The van der Waals surface area contributed by atoms with E-state index in [1.54, 1.807) is 16.8 Å². The third-order valence-corrected chi connectivity index (χ3v) is 5.02. The summed E-state index contributed by atoms with van der Waals surface area (Å²) in [4.78, 5) is 12.4. The predicted octanol–water partition coefficient (Wildman–Crippen LogP) is 1.94. The molecule has 1 aromatic carbocycles. The maximum Gasteiger partial charge on any atom is 0.162 e. The zero-order valence-corrected chi connectivity index (χ0v) is 15.6. The fraction of sp³-hybridized carbons (Fsp3) is 0.263. The van der Waals surface area contributed by atoms with Crippen LogP contribution in [-0.4, -0.2) is 52.7 Å². The monoisotopic (exact) mass is 383 g/mol. The molecule has 7 nitrogen and oxygen atoms in total. The highest BCUT2D eigenvalue weighted by Gasteiger charge is 2.20. The number of aliphatic hydroxyl groups excluding tert-OH is 1. The van der Waals surface area contributed by atoms with Crippen LogP contribution in [0.15, 0.2) is 41.4 Å². The zero-order chi connectivity index (χ0) is 18.8. The van der Waals surface area contributed by atoms with Crippen molar-refractivity contribution in [2.24, 2.45) is 0 Å². The second-order valence-corrected chi connectivity index (χ2v) is 6.70. The van der Waals surface area contributed by atoms with Crippen LogP contribution in [0.3, 0.4) is 0 Å². The van der Waals surface area contributed by atoms with Gasteiger partial charge in [0.1, 0.15) is 5.82 Å². The summed E-state index contributed by atoms with van der Waals surface area (Å²) in [6, 6.07) is 7.84. The molecule has 0 aliphatic carbocycles. The van der Waals surface area contributed by atoms with Gasteiger partial charge >= 0.3 is 0 Å². The smallest absolute Gasteiger partial charge is 0.162 e. The van der Waals surface area contributed by atoms with Crippen LogP contribution in [-0.2, 0) is 4.74 Å². The third kappa shape index (κ3) is 3.39. The predicted molar refractivity (Wildman–Crippen MR) is 110 cm³/mol. The van der Waals surface area contributed by atoms with Gasteiger partial charge in [-0.1, -0.05) is 18.2 Å². The molecule has 1 fully saturated rings. The van der Waals surface area contributed by atoms with Crippen LogP contribution in [0.1, 0.15) is 5.69 Å². The van der Waals surface area contributed by atoms with E-state index in [1.165, 1.54) is 0 Å². The largest absolute Gasteiger partial charge is 0.392 e. The number of rotatable bonds is 4. The Morgan fingerprint density at radius 3 is 2.81 bits per heavy atom. The number of benzene rings is 1. The highest BCUT2D eigenvalue weighted by Crippen LogP contribution is 2.32. The molecule has 3 heterocycles. The van der Waals surface area contributed by atoms with E-state index in [1.807, 2.05) is 30.5 Å². The van der Waals surface area contributed by atoms with E-state index in [0.717, 1.165) is 35.4 Å². The first-order valence-electron chi connectivity index (χ1n) is 8.75. The second-order valence-electron chi connectivity index (χ2n) is 6.25. The molecule has 1 saturated heterocycles. The zero-order valence-electron chi connectivity index (χ0n) is 14.7. The summed E-state index contributed by atoms with van der Waals surface area (Å²) >= 11 is 4.67. The molecule has 27 heavy (non-hydrogen) atoms. The van der Waals surface area contributed by atoms with Gasteiger partial charge in [-0.15, -0.1) is 12.6 Å². The van der Waals surface area contributed by atoms with E-state index in [2.05, 4.69) is 17.5 Å². The van der Waals surface area contributed by atoms with E-state index in [0.29, 0.717) is 29.6 Å². The second kappa shape index (κ2) is 7.59. The number of aromatic nitrogens is 3. The maximum atomic E-state index is 9.17. The number of nitrogens with zero attached hydrogens (tertiary/aromatic N) is 4. The standard InChI is InChI=1S/C19H21N5O2S/c20-24-7-6-13-14(3-1-5-16(13)24)18-21-15(4-2-10-25)17(27)19(22-18)23-8-11-26-12-9-23/h1-7,25,27H,8-12,20H2/b4-2+. The molecule has 0 atom stereocenters. The third-order valence-electron chi connectivity index (χ3n) is 4.59. The quantitative estimate of drug-likeness (QED) is 0.471. The first-order chi connectivity index (χ1) is 13.2. The van der Waals surface area contributed by atoms with Gasteiger partial charge in [0.05, 0.1) is 35.9 Å². The van der Waals surface area contributed by atoms with E-state index in [-0.39, 0.29) is 6.61 Å². The Morgan fingerprint density at radius 1 is 1.22 bits per heavy atom. The Labute approximate surface area is 162 Å². The van der Waals surface area contributed by atoms with Gasteiger partial charge in [-0.2, -0.15) is 0 Å². The number of thiol groups is 1. The molecule has 0 radical (unpaired) electrons. The number of hydrogen-bond acceptors (Lipinski definition) is 7. The van der Waals surface area contributed by atoms with Crippen molar-refractivity contribution in [2.45, 2.75) is 4.90 Å². The number of hydrogen-bond donors (Lipinski definition) is 3. The molecule has 3 aromatic rings. The minimum Gasteiger partial charge on any atom is -0.392 e. The molecule has 0 amide bonds. The van der Waals surface area contributed by atoms with Gasteiger partial charge in [0.2, 0.25) is 0 Å². The summed E-state index contributed by atoms with van der Waals surface area (Å²) in [6.45, 7) is 2.73. The van der Waals surface area contributed by atoms with Gasteiger partial charge in [0.15, 0.2) is 5.82 Å². The summed E-state index contributed by atoms with van der Waals surface area (Å²) in [5.74, 6) is 7.36. The number of anilines is 1. The molecular weight excluding hydrogens is 362 g/mol. The molecule has 8 heteroatoms. The van der Waals surface area contributed by atoms with Crippen molar-refractivity contribution in [3.8, 4) is 11.4 Å². The number of nitrogen functional groups attached to an aromatic ring is 1. The van der Waals surface area contributed by atoms with E-state index in [9.17, 15) is 0 Å². The number of ether oxygens (including phenoxy) is 1. The van der Waals surface area contributed by atoms with Gasteiger partial charge in [-0.05, 0) is 18.2 Å². The fourth-order valence-corrected chi connectivity index (χ4v) is 3.56. The van der Waals surface area contributed by atoms with Gasteiger partial charge in [-0.25, -0.2) is 9.97 Å². The summed E-state index contributed by atoms with van der Waals surface area (Å²) in [5, 5.41) is 10.2. The van der Waals surface area contributed by atoms with Crippen LogP contribution in [0.5, 0.6) is 0 Å². The lowest BCUT2D eigenvalue weighted by Gasteiger charge is -2.29.